The van der Waals surface area contributed by atoms with E-state index in [1.54, 1.807) is 0 Å². The lowest BCUT2D eigenvalue weighted by Gasteiger charge is -1.66. The van der Waals surface area contributed by atoms with Crippen LogP contribution in [0.3, 0.4) is 0 Å². The van der Waals surface area contributed by atoms with Gasteiger partial charge in [-0.15, -0.1) is 0 Å². The average Bonchev–Trinajstić information content (AvgIpc) is 1.65. The van der Waals surface area contributed by atoms with Gasteiger partial charge in [-0.1, -0.05) is 6.58 Å². The Morgan fingerprint density at radius 3 is 2.33 bits per heavy atom. The van der Waals surface area contributed by atoms with Gasteiger partial charge >= 0.3 is 0 Å². The van der Waals surface area contributed by atoms with E-state index in [9.17, 15) is 4.79 Å². The summed E-state index contributed by atoms with van der Waals surface area (Å²) in [7, 11) is 0. The van der Waals surface area contributed by atoms with Gasteiger partial charge in [0.2, 0.25) is 0 Å². The summed E-state index contributed by atoms with van der Waals surface area (Å²) in [6, 6.07) is 0. The first-order valence-electron chi connectivity index (χ1n) is 1.48. The van der Waals surface area contributed by atoms with Crippen LogP contribution in [0.2, 0.25) is 0 Å². The maximum Gasteiger partial charge on any atom is 0.195 e. The van der Waals surface area contributed by atoms with E-state index in [-0.39, 0.29) is 5.78 Å². The highest BCUT2D eigenvalue weighted by atomic mass is 16.1. The number of carbonyl (C=O) groups is 1. The largest absolute Gasteiger partial charge is 0.305 e. The van der Waals surface area contributed by atoms with Gasteiger partial charge in [0, 0.05) is 0 Å². The molecule has 1 N–H and O–H groups in total. The van der Waals surface area contributed by atoms with E-state index < -0.39 is 0 Å². The molecule has 0 unspecified atom stereocenters. The Kier molecular flexibility index (Phi) is 1.97. The zero-order chi connectivity index (χ0) is 4.99. The Bertz CT molecular complexity index is 75.5. The van der Waals surface area contributed by atoms with Crippen LogP contribution >= 0.6 is 0 Å². The van der Waals surface area contributed by atoms with E-state index in [1.807, 2.05) is 0 Å². The fourth-order valence-corrected chi connectivity index (χ4v) is 0.0589. The monoisotopic (exact) mass is 83.0 g/mol. The topological polar surface area (TPSA) is 40.9 Å². The van der Waals surface area contributed by atoms with E-state index in [4.69, 9.17) is 5.41 Å². The first-order chi connectivity index (χ1) is 2.81. The Labute approximate surface area is 36.0 Å². The Hall–Kier alpha value is -0.920. The normalized spacial score (nSPS) is 6.67. The summed E-state index contributed by atoms with van der Waals surface area (Å²) < 4.78 is 0. The first kappa shape index (κ1) is 5.08. The minimum Gasteiger partial charge on any atom is -0.305 e. The molecule has 0 saturated heterocycles. The van der Waals surface area contributed by atoms with Gasteiger partial charge in [-0.25, -0.2) is 0 Å². The molecule has 0 amide bonds. The standard InChI is InChI=1S/C4H5NO/c1-2-4(6)3-5/h2-3,5H,1H2. The highest BCUT2D eigenvalue weighted by molar-refractivity contribution is 6.31. The van der Waals surface area contributed by atoms with Crippen molar-refractivity contribution in [3.05, 3.63) is 12.7 Å². The number of hydrogen-bond donors (Lipinski definition) is 1. The molecule has 6 heavy (non-hydrogen) atoms. The molecule has 0 aromatic heterocycles. The highest BCUT2D eigenvalue weighted by Gasteiger charge is 1.78. The van der Waals surface area contributed by atoms with Crippen molar-refractivity contribution in [3.8, 4) is 0 Å². The van der Waals surface area contributed by atoms with Crippen LogP contribution < -0.4 is 0 Å². The van der Waals surface area contributed by atoms with Crippen molar-refractivity contribution < 1.29 is 4.79 Å². The van der Waals surface area contributed by atoms with Crippen molar-refractivity contribution in [2.75, 3.05) is 0 Å². The first-order valence-corrected chi connectivity index (χ1v) is 1.48. The van der Waals surface area contributed by atoms with Gasteiger partial charge in [0.15, 0.2) is 5.78 Å². The second-order valence-corrected chi connectivity index (χ2v) is 0.751. The summed E-state index contributed by atoms with van der Waals surface area (Å²) in [6.45, 7) is 3.13. The van der Waals surface area contributed by atoms with Crippen LogP contribution in [0.25, 0.3) is 0 Å². The molecule has 0 rings (SSSR count). The fourth-order valence-electron chi connectivity index (χ4n) is 0.0589. The number of nitrogens with one attached hydrogen (secondary N) is 1. The van der Waals surface area contributed by atoms with E-state index in [1.165, 1.54) is 0 Å². The molecular formula is C4H5NO. The highest BCUT2D eigenvalue weighted by Crippen LogP contribution is 1.59. The van der Waals surface area contributed by atoms with Gasteiger partial charge in [0.25, 0.3) is 0 Å². The average molecular weight is 83.1 g/mol. The van der Waals surface area contributed by atoms with E-state index in [2.05, 4.69) is 6.58 Å². The Morgan fingerprint density at radius 2 is 2.33 bits per heavy atom. The molecule has 0 saturated carbocycles. The molecule has 0 heterocycles. The molecule has 0 aliphatic rings. The van der Waals surface area contributed by atoms with Crippen molar-refractivity contribution in [3.63, 3.8) is 0 Å². The summed E-state index contributed by atoms with van der Waals surface area (Å²) >= 11 is 0. The second kappa shape index (κ2) is 2.33. The number of ketones is 1. The molecule has 2 heteroatoms. The van der Waals surface area contributed by atoms with Crippen molar-refractivity contribution in [2.45, 2.75) is 0 Å². The minimum absolute atomic E-state index is 0.352. The number of rotatable bonds is 2. The van der Waals surface area contributed by atoms with Crippen molar-refractivity contribution in [1.29, 1.82) is 5.41 Å². The second-order valence-electron chi connectivity index (χ2n) is 0.751. The number of carbonyl (C=O) groups excluding carboxylic acids is 1. The molecule has 0 atom stereocenters. The zero-order valence-electron chi connectivity index (χ0n) is 3.27. The molecule has 0 radical (unpaired) electrons. The smallest absolute Gasteiger partial charge is 0.195 e. The maximum absolute atomic E-state index is 9.82. The van der Waals surface area contributed by atoms with Gasteiger partial charge < -0.3 is 5.41 Å². The van der Waals surface area contributed by atoms with Crippen LogP contribution in [-0.2, 0) is 4.79 Å². The summed E-state index contributed by atoms with van der Waals surface area (Å²) in [6.07, 6.45) is 1.81. The summed E-state index contributed by atoms with van der Waals surface area (Å²) in [5, 5.41) is 6.26. The molecule has 0 aliphatic heterocycles. The molecule has 0 aromatic rings. The summed E-state index contributed by atoms with van der Waals surface area (Å²) in [5.41, 5.74) is 0. The van der Waals surface area contributed by atoms with E-state index >= 15 is 0 Å². The molecule has 0 spiro atoms. The number of hydrogen-bond acceptors (Lipinski definition) is 2. The molecule has 0 bridgehead atoms. The summed E-state index contributed by atoms with van der Waals surface area (Å²) in [5.74, 6) is -0.352. The molecule has 32 valence electrons. The summed E-state index contributed by atoms with van der Waals surface area (Å²) in [4.78, 5) is 9.82. The lowest BCUT2D eigenvalue weighted by Crippen LogP contribution is -1.87. The van der Waals surface area contributed by atoms with Crippen LogP contribution in [0.1, 0.15) is 0 Å². The molecule has 0 fully saturated rings. The van der Waals surface area contributed by atoms with E-state index in [0.29, 0.717) is 6.21 Å². The van der Waals surface area contributed by atoms with Gasteiger partial charge in [-0.3, -0.25) is 4.79 Å². The van der Waals surface area contributed by atoms with Crippen LogP contribution in [0.4, 0.5) is 0 Å². The van der Waals surface area contributed by atoms with Crippen LogP contribution in [0, 0.1) is 5.41 Å². The predicted octanol–water partition coefficient (Wildman–Crippen LogP) is 0.391. The third-order valence-corrected chi connectivity index (χ3v) is 0.343. The number of allylic oxidation sites excluding steroid dienone is 1. The lowest BCUT2D eigenvalue weighted by atomic mass is 10.4. The molecule has 0 aromatic carbocycles. The van der Waals surface area contributed by atoms with Crippen LogP contribution in [0.15, 0.2) is 12.7 Å². The van der Waals surface area contributed by atoms with Gasteiger partial charge in [-0.05, 0) is 6.08 Å². The Morgan fingerprint density at radius 1 is 1.83 bits per heavy atom. The third-order valence-electron chi connectivity index (χ3n) is 0.343. The predicted molar refractivity (Wildman–Crippen MR) is 24.0 cm³/mol. The van der Waals surface area contributed by atoms with Crippen LogP contribution in [-0.4, -0.2) is 12.0 Å². The maximum atomic E-state index is 9.82. The quantitative estimate of drug-likeness (QED) is 0.381. The fraction of sp³-hybridized carbons (Fsp3) is 0. The zero-order valence-corrected chi connectivity index (χ0v) is 3.27. The van der Waals surface area contributed by atoms with Crippen molar-refractivity contribution in [2.24, 2.45) is 0 Å². The van der Waals surface area contributed by atoms with Crippen molar-refractivity contribution >= 4 is 12.0 Å². The van der Waals surface area contributed by atoms with Gasteiger partial charge in [0.1, 0.15) is 0 Å². The van der Waals surface area contributed by atoms with Gasteiger partial charge in [-0.2, -0.15) is 0 Å². The van der Waals surface area contributed by atoms with E-state index in [0.717, 1.165) is 6.08 Å². The SMILES string of the molecule is C=CC(=O)C=N. The van der Waals surface area contributed by atoms with Crippen LogP contribution in [0.5, 0.6) is 0 Å². The van der Waals surface area contributed by atoms with Gasteiger partial charge in [0.05, 0.1) is 6.21 Å². The lowest BCUT2D eigenvalue weighted by molar-refractivity contribution is -0.108. The minimum atomic E-state index is -0.352. The molecule has 2 nitrogen and oxygen atoms in total. The molecular weight excluding hydrogens is 78.1 g/mol. The Balaban J connectivity index is 3.52. The van der Waals surface area contributed by atoms with Crippen molar-refractivity contribution in [1.82, 2.24) is 0 Å². The third kappa shape index (κ3) is 1.40. The molecule has 0 aliphatic carbocycles.